The fourth-order valence-corrected chi connectivity index (χ4v) is 4.54. The normalized spacial score (nSPS) is 18.3. The average molecular weight is 337 g/mol. The Bertz CT molecular complexity index is 752. The van der Waals surface area contributed by atoms with Crippen LogP contribution in [0, 0.1) is 0 Å². The van der Waals surface area contributed by atoms with Crippen LogP contribution in [0.15, 0.2) is 40.6 Å². The van der Waals surface area contributed by atoms with Crippen molar-refractivity contribution in [1.82, 2.24) is 5.32 Å². The molecule has 1 aliphatic heterocycles. The molecule has 0 saturated heterocycles. The van der Waals surface area contributed by atoms with Crippen LogP contribution in [0.25, 0.3) is 0 Å². The van der Waals surface area contributed by atoms with Crippen molar-refractivity contribution >= 4 is 21.2 Å². The molecule has 3 rings (SSSR count). The van der Waals surface area contributed by atoms with E-state index in [0.29, 0.717) is 10.8 Å². The molecule has 0 spiro atoms. The van der Waals surface area contributed by atoms with E-state index in [1.807, 2.05) is 24.3 Å². The number of rotatable bonds is 4. The molecular weight excluding hydrogens is 318 g/mol. The molecule has 118 valence electrons. The minimum Gasteiger partial charge on any atom is -0.493 e. The van der Waals surface area contributed by atoms with E-state index in [-0.39, 0.29) is 6.04 Å². The number of ether oxygens (including phenoxy) is 1. The van der Waals surface area contributed by atoms with E-state index >= 15 is 0 Å². The summed E-state index contributed by atoms with van der Waals surface area (Å²) in [7, 11) is -3.11. The summed E-state index contributed by atoms with van der Waals surface area (Å²) in [5.74, 6) is 0.945. The maximum atomic E-state index is 11.5. The number of hydrogen-bond acceptors (Lipinski definition) is 5. The van der Waals surface area contributed by atoms with Crippen molar-refractivity contribution in [2.24, 2.45) is 0 Å². The number of sulfone groups is 1. The van der Waals surface area contributed by atoms with Gasteiger partial charge in [0, 0.05) is 29.3 Å². The van der Waals surface area contributed by atoms with Gasteiger partial charge in [0.25, 0.3) is 0 Å². The molecule has 0 radical (unpaired) electrons. The molecule has 0 bridgehead atoms. The van der Waals surface area contributed by atoms with Crippen molar-refractivity contribution < 1.29 is 13.2 Å². The van der Waals surface area contributed by atoms with E-state index in [0.717, 1.165) is 30.1 Å². The highest BCUT2D eigenvalue weighted by molar-refractivity contribution is 7.92. The summed E-state index contributed by atoms with van der Waals surface area (Å²) in [6.45, 7) is 1.41. The Morgan fingerprint density at radius 2 is 2.09 bits per heavy atom. The highest BCUT2D eigenvalue weighted by Crippen LogP contribution is 2.31. The van der Waals surface area contributed by atoms with E-state index in [9.17, 15) is 8.42 Å². The third-order valence-electron chi connectivity index (χ3n) is 3.71. The Labute approximate surface area is 135 Å². The number of para-hydroxylation sites is 1. The van der Waals surface area contributed by atoms with E-state index in [1.54, 1.807) is 6.07 Å². The third-order valence-corrected chi connectivity index (χ3v) is 6.62. The van der Waals surface area contributed by atoms with Crippen LogP contribution in [0.3, 0.4) is 0 Å². The Balaban J connectivity index is 1.72. The van der Waals surface area contributed by atoms with E-state index in [2.05, 4.69) is 11.4 Å². The predicted molar refractivity (Wildman–Crippen MR) is 88.2 cm³/mol. The van der Waals surface area contributed by atoms with Crippen LogP contribution in [0.2, 0.25) is 0 Å². The molecule has 1 aromatic carbocycles. The smallest absolute Gasteiger partial charge is 0.184 e. The highest BCUT2D eigenvalue weighted by atomic mass is 32.2. The molecule has 22 heavy (non-hydrogen) atoms. The van der Waals surface area contributed by atoms with Crippen molar-refractivity contribution in [2.75, 3.05) is 12.9 Å². The molecule has 1 unspecified atom stereocenters. The molecular formula is C16H19NO3S2. The van der Waals surface area contributed by atoms with Crippen LogP contribution < -0.4 is 10.1 Å². The van der Waals surface area contributed by atoms with Gasteiger partial charge in [-0.2, -0.15) is 0 Å². The lowest BCUT2D eigenvalue weighted by molar-refractivity contribution is 0.315. The van der Waals surface area contributed by atoms with Gasteiger partial charge in [-0.25, -0.2) is 8.42 Å². The first-order valence-corrected chi connectivity index (χ1v) is 9.99. The van der Waals surface area contributed by atoms with Crippen molar-refractivity contribution in [3.05, 3.63) is 46.8 Å². The molecule has 2 heterocycles. The molecule has 0 amide bonds. The van der Waals surface area contributed by atoms with Crippen LogP contribution in [0.4, 0.5) is 0 Å². The Kier molecular flexibility index (Phi) is 4.52. The van der Waals surface area contributed by atoms with Gasteiger partial charge >= 0.3 is 0 Å². The Hall–Kier alpha value is -1.37. The van der Waals surface area contributed by atoms with Crippen molar-refractivity contribution in [3.63, 3.8) is 0 Å². The zero-order valence-corrected chi connectivity index (χ0v) is 14.0. The minimum absolute atomic E-state index is 0.238. The molecule has 0 aliphatic carbocycles. The minimum atomic E-state index is -3.11. The van der Waals surface area contributed by atoms with Gasteiger partial charge in [-0.15, -0.1) is 11.3 Å². The molecule has 0 saturated carbocycles. The summed E-state index contributed by atoms with van der Waals surface area (Å²) >= 11 is 1.33. The van der Waals surface area contributed by atoms with Gasteiger partial charge in [-0.1, -0.05) is 18.2 Å². The van der Waals surface area contributed by atoms with Crippen LogP contribution in [-0.4, -0.2) is 21.3 Å². The first-order chi connectivity index (χ1) is 10.5. The topological polar surface area (TPSA) is 55.4 Å². The summed E-state index contributed by atoms with van der Waals surface area (Å²) in [4.78, 5) is 1.03. The molecule has 2 aromatic rings. The third kappa shape index (κ3) is 3.51. The molecule has 1 atom stereocenters. The Morgan fingerprint density at radius 3 is 2.86 bits per heavy atom. The predicted octanol–water partition coefficient (Wildman–Crippen LogP) is 3.16. The van der Waals surface area contributed by atoms with Gasteiger partial charge in [0.05, 0.1) is 6.61 Å². The summed E-state index contributed by atoms with van der Waals surface area (Å²) in [6.07, 6.45) is 3.27. The van der Waals surface area contributed by atoms with Gasteiger partial charge in [-0.3, -0.25) is 0 Å². The number of benzene rings is 1. The highest BCUT2D eigenvalue weighted by Gasteiger charge is 2.19. The standard InChI is InChI=1S/C16H19NO3S2/c1-22(18,19)16-9-8-12(21-16)11-17-14-6-4-10-20-15-7-3-2-5-13(14)15/h2-3,5,7-9,14,17H,4,6,10-11H2,1H3. The van der Waals surface area contributed by atoms with Crippen molar-refractivity contribution in [3.8, 4) is 5.75 Å². The fourth-order valence-electron chi connectivity index (χ4n) is 2.61. The SMILES string of the molecule is CS(=O)(=O)c1ccc(CNC2CCCOc3ccccc32)s1. The second-order valence-electron chi connectivity index (χ2n) is 5.45. The maximum Gasteiger partial charge on any atom is 0.184 e. The molecule has 0 fully saturated rings. The van der Waals surface area contributed by atoms with E-state index in [4.69, 9.17) is 4.74 Å². The van der Waals surface area contributed by atoms with Gasteiger partial charge in [0.1, 0.15) is 9.96 Å². The molecule has 6 heteroatoms. The maximum absolute atomic E-state index is 11.5. The summed E-state index contributed by atoms with van der Waals surface area (Å²) in [5.41, 5.74) is 1.18. The van der Waals surface area contributed by atoms with Gasteiger partial charge in [0.15, 0.2) is 9.84 Å². The van der Waals surface area contributed by atoms with E-state index < -0.39 is 9.84 Å². The second-order valence-corrected chi connectivity index (χ2v) is 8.87. The summed E-state index contributed by atoms with van der Waals surface area (Å²) < 4.78 is 29.3. The second kappa shape index (κ2) is 6.40. The fraction of sp³-hybridized carbons (Fsp3) is 0.375. The number of hydrogen-bond donors (Lipinski definition) is 1. The van der Waals surface area contributed by atoms with Crippen LogP contribution >= 0.6 is 11.3 Å². The lowest BCUT2D eigenvalue weighted by Gasteiger charge is -2.17. The summed E-state index contributed by atoms with van der Waals surface area (Å²) in [6, 6.07) is 11.9. The molecule has 1 N–H and O–H groups in total. The average Bonchev–Trinajstić information content (AvgIpc) is 2.87. The molecule has 1 aliphatic rings. The monoisotopic (exact) mass is 337 g/mol. The van der Waals surface area contributed by atoms with Crippen LogP contribution in [-0.2, 0) is 16.4 Å². The largest absolute Gasteiger partial charge is 0.493 e. The number of fused-ring (bicyclic) bond motifs is 1. The zero-order chi connectivity index (χ0) is 15.6. The first-order valence-electron chi connectivity index (χ1n) is 7.28. The number of nitrogens with one attached hydrogen (secondary N) is 1. The van der Waals surface area contributed by atoms with Crippen LogP contribution in [0.5, 0.6) is 5.75 Å². The zero-order valence-electron chi connectivity index (χ0n) is 12.4. The lowest BCUT2D eigenvalue weighted by atomic mass is 10.0. The lowest BCUT2D eigenvalue weighted by Crippen LogP contribution is -2.20. The summed E-state index contributed by atoms with van der Waals surface area (Å²) in [5, 5.41) is 3.53. The van der Waals surface area contributed by atoms with Gasteiger partial charge < -0.3 is 10.1 Å². The molecule has 4 nitrogen and oxygen atoms in total. The quantitative estimate of drug-likeness (QED) is 0.931. The van der Waals surface area contributed by atoms with Gasteiger partial charge in [-0.05, 0) is 31.0 Å². The number of thiophene rings is 1. The Morgan fingerprint density at radius 1 is 1.27 bits per heavy atom. The van der Waals surface area contributed by atoms with Crippen LogP contribution in [0.1, 0.15) is 29.3 Å². The first kappa shape index (κ1) is 15.5. The van der Waals surface area contributed by atoms with Crippen molar-refractivity contribution in [2.45, 2.75) is 29.6 Å². The van der Waals surface area contributed by atoms with E-state index in [1.165, 1.54) is 23.2 Å². The van der Waals surface area contributed by atoms with Gasteiger partial charge in [0.2, 0.25) is 0 Å². The molecule has 1 aromatic heterocycles. The van der Waals surface area contributed by atoms with Crippen molar-refractivity contribution in [1.29, 1.82) is 0 Å².